The third-order valence-corrected chi connectivity index (χ3v) is 2.61. The molecule has 0 aromatic heterocycles. The zero-order valence-electron chi connectivity index (χ0n) is 11.5. The molecule has 0 aliphatic rings. The molecule has 0 saturated heterocycles. The van der Waals surface area contributed by atoms with E-state index < -0.39 is 5.97 Å². The number of carboxylic acids is 1. The zero-order valence-corrected chi connectivity index (χ0v) is 11.5. The van der Waals surface area contributed by atoms with Crippen LogP contribution in [0.15, 0.2) is 0 Å². The van der Waals surface area contributed by atoms with Crippen molar-refractivity contribution in [3.8, 4) is 0 Å². The number of methoxy groups -OCH3 is 1. The van der Waals surface area contributed by atoms with Crippen molar-refractivity contribution in [1.29, 1.82) is 0 Å². The minimum absolute atomic E-state index is 0.183. The Morgan fingerprint density at radius 3 is 2.44 bits per heavy atom. The Morgan fingerprint density at radius 1 is 1.39 bits per heavy atom. The summed E-state index contributed by atoms with van der Waals surface area (Å²) >= 11 is 0. The van der Waals surface area contributed by atoms with Gasteiger partial charge >= 0.3 is 12.0 Å². The molecule has 0 aliphatic carbocycles. The van der Waals surface area contributed by atoms with Gasteiger partial charge in [0.05, 0.1) is 6.61 Å². The second-order valence-corrected chi connectivity index (χ2v) is 4.31. The fourth-order valence-corrected chi connectivity index (χ4v) is 1.15. The van der Waals surface area contributed by atoms with Crippen LogP contribution in [0.5, 0.6) is 0 Å². The van der Waals surface area contributed by atoms with Gasteiger partial charge in [-0.05, 0) is 21.0 Å². The highest BCUT2D eigenvalue weighted by molar-refractivity contribution is 5.80. The normalized spacial score (nSPS) is 12.3. The molecule has 0 aliphatic heterocycles. The Balaban J connectivity index is 4.23. The summed E-state index contributed by atoms with van der Waals surface area (Å²) in [5.41, 5.74) is 0. The Bertz CT molecular complexity index is 271. The zero-order chi connectivity index (χ0) is 14.1. The topological polar surface area (TPSA) is 82.1 Å². The maximum Gasteiger partial charge on any atom is 0.323 e. The number of nitrogens with one attached hydrogen (secondary N) is 1. The number of rotatable bonds is 8. The molecule has 0 saturated carbocycles. The quantitative estimate of drug-likeness (QED) is 0.626. The van der Waals surface area contributed by atoms with Crippen molar-refractivity contribution in [3.63, 3.8) is 0 Å². The highest BCUT2D eigenvalue weighted by Crippen LogP contribution is 1.93. The van der Waals surface area contributed by atoms with Gasteiger partial charge in [-0.25, -0.2) is 4.79 Å². The maximum atomic E-state index is 11.8. The number of nitrogens with zero attached hydrogens (tertiary/aromatic N) is 2. The summed E-state index contributed by atoms with van der Waals surface area (Å²) in [5.74, 6) is -1.04. The molecule has 106 valence electrons. The van der Waals surface area contributed by atoms with Crippen molar-refractivity contribution in [2.45, 2.75) is 13.0 Å². The number of ether oxygens (including phenoxy) is 1. The number of carboxylic acid groups (broad SMARTS) is 1. The summed E-state index contributed by atoms with van der Waals surface area (Å²) in [6.07, 6.45) is 0. The average molecular weight is 261 g/mol. The van der Waals surface area contributed by atoms with Gasteiger partial charge in [-0.15, -0.1) is 0 Å². The third kappa shape index (κ3) is 7.08. The number of likely N-dealkylation sites (N-methyl/N-ethyl adjacent to an activating group) is 1. The predicted octanol–water partition coefficient (Wildman–Crippen LogP) is -0.321. The van der Waals surface area contributed by atoms with Gasteiger partial charge in [-0.1, -0.05) is 0 Å². The van der Waals surface area contributed by atoms with E-state index in [1.165, 1.54) is 12.0 Å². The summed E-state index contributed by atoms with van der Waals surface area (Å²) in [7, 11) is 5.33. The smallest absolute Gasteiger partial charge is 0.323 e. The van der Waals surface area contributed by atoms with Gasteiger partial charge in [0.1, 0.15) is 6.54 Å². The Labute approximate surface area is 108 Å². The number of carbonyl (C=O) groups excluding carboxylic acids is 1. The number of amides is 2. The summed E-state index contributed by atoms with van der Waals surface area (Å²) < 4.78 is 4.85. The molecule has 2 amide bonds. The molecule has 7 heteroatoms. The van der Waals surface area contributed by atoms with Gasteiger partial charge in [-0.2, -0.15) is 0 Å². The lowest BCUT2D eigenvalue weighted by Gasteiger charge is -2.24. The largest absolute Gasteiger partial charge is 0.480 e. The average Bonchev–Trinajstić information content (AvgIpc) is 2.30. The number of carbonyl (C=O) groups is 2. The molecule has 0 aromatic rings. The number of aliphatic carboxylic acids is 1. The van der Waals surface area contributed by atoms with E-state index in [2.05, 4.69) is 5.32 Å². The Hall–Kier alpha value is -1.34. The fraction of sp³-hybridized carbons (Fsp3) is 0.818. The third-order valence-electron chi connectivity index (χ3n) is 2.61. The lowest BCUT2D eigenvalue weighted by molar-refractivity contribution is -0.137. The second-order valence-electron chi connectivity index (χ2n) is 4.31. The van der Waals surface area contributed by atoms with Crippen LogP contribution in [0.2, 0.25) is 0 Å². The van der Waals surface area contributed by atoms with Gasteiger partial charge < -0.3 is 25.0 Å². The molecule has 0 bridgehead atoms. The van der Waals surface area contributed by atoms with Gasteiger partial charge in [0.2, 0.25) is 0 Å². The number of urea groups is 1. The minimum Gasteiger partial charge on any atom is -0.480 e. The molecule has 1 atom stereocenters. The van der Waals surface area contributed by atoms with E-state index in [1.54, 1.807) is 0 Å². The summed E-state index contributed by atoms with van der Waals surface area (Å²) in [6, 6.07) is -0.203. The van der Waals surface area contributed by atoms with Crippen LogP contribution in [-0.4, -0.2) is 80.4 Å². The first-order valence-electron chi connectivity index (χ1n) is 5.78. The first-order chi connectivity index (χ1) is 8.38. The summed E-state index contributed by atoms with van der Waals surface area (Å²) in [4.78, 5) is 25.6. The highest BCUT2D eigenvalue weighted by Gasteiger charge is 2.17. The van der Waals surface area contributed by atoms with Crippen molar-refractivity contribution >= 4 is 12.0 Å². The second kappa shape index (κ2) is 8.71. The lowest BCUT2D eigenvalue weighted by Crippen LogP contribution is -2.47. The van der Waals surface area contributed by atoms with Crippen molar-refractivity contribution in [2.75, 3.05) is 47.4 Å². The van der Waals surface area contributed by atoms with E-state index in [0.29, 0.717) is 13.2 Å². The molecule has 0 heterocycles. The first-order valence-corrected chi connectivity index (χ1v) is 5.78. The van der Waals surface area contributed by atoms with Gasteiger partial charge in [-0.3, -0.25) is 4.79 Å². The van der Waals surface area contributed by atoms with Crippen LogP contribution in [0.25, 0.3) is 0 Å². The first kappa shape index (κ1) is 16.7. The molecule has 2 N–H and O–H groups in total. The van der Waals surface area contributed by atoms with Gasteiger partial charge in [0.15, 0.2) is 0 Å². The van der Waals surface area contributed by atoms with Crippen molar-refractivity contribution < 1.29 is 19.4 Å². The molecule has 0 fully saturated rings. The van der Waals surface area contributed by atoms with Crippen molar-refractivity contribution in [2.24, 2.45) is 0 Å². The van der Waals surface area contributed by atoms with Gasteiger partial charge in [0, 0.05) is 26.2 Å². The summed E-state index contributed by atoms with van der Waals surface area (Å²) in [6.45, 7) is 2.67. The lowest BCUT2D eigenvalue weighted by atomic mass is 10.3. The van der Waals surface area contributed by atoms with E-state index in [-0.39, 0.29) is 25.2 Å². The van der Waals surface area contributed by atoms with Crippen LogP contribution in [0.1, 0.15) is 6.92 Å². The van der Waals surface area contributed by atoms with E-state index in [1.807, 2.05) is 25.9 Å². The van der Waals surface area contributed by atoms with Crippen LogP contribution < -0.4 is 5.32 Å². The van der Waals surface area contributed by atoms with E-state index >= 15 is 0 Å². The van der Waals surface area contributed by atoms with Crippen LogP contribution >= 0.6 is 0 Å². The molecular weight excluding hydrogens is 238 g/mol. The van der Waals surface area contributed by atoms with E-state index in [4.69, 9.17) is 9.84 Å². The molecule has 0 radical (unpaired) electrons. The van der Waals surface area contributed by atoms with Crippen molar-refractivity contribution in [1.82, 2.24) is 15.1 Å². The Morgan fingerprint density at radius 2 is 2.00 bits per heavy atom. The van der Waals surface area contributed by atoms with E-state index in [0.717, 1.165) is 0 Å². The molecule has 18 heavy (non-hydrogen) atoms. The molecule has 7 nitrogen and oxygen atoms in total. The van der Waals surface area contributed by atoms with E-state index in [9.17, 15) is 9.59 Å². The predicted molar refractivity (Wildman–Crippen MR) is 67.6 cm³/mol. The standard InChI is InChI=1S/C11H23N3O4/c1-9(13(2)3)7-12-11(17)14(5-6-18-4)8-10(15)16/h9H,5-8H2,1-4H3,(H,12,17)(H,15,16). The van der Waals surface area contributed by atoms with Crippen LogP contribution in [0.4, 0.5) is 4.79 Å². The fourth-order valence-electron chi connectivity index (χ4n) is 1.15. The van der Waals surface area contributed by atoms with Gasteiger partial charge in [0.25, 0.3) is 0 Å². The number of hydrogen-bond acceptors (Lipinski definition) is 4. The molecule has 0 aromatic carbocycles. The molecule has 0 spiro atoms. The molecule has 1 unspecified atom stereocenters. The maximum absolute atomic E-state index is 11.8. The minimum atomic E-state index is -1.04. The van der Waals surface area contributed by atoms with Crippen LogP contribution in [-0.2, 0) is 9.53 Å². The SMILES string of the molecule is COCCN(CC(=O)O)C(=O)NCC(C)N(C)C. The van der Waals surface area contributed by atoms with Crippen LogP contribution in [0, 0.1) is 0 Å². The monoisotopic (exact) mass is 261 g/mol. The van der Waals surface area contributed by atoms with Crippen LogP contribution in [0.3, 0.4) is 0 Å². The highest BCUT2D eigenvalue weighted by atomic mass is 16.5. The molecular formula is C11H23N3O4. The number of hydrogen-bond donors (Lipinski definition) is 2. The van der Waals surface area contributed by atoms with Crippen molar-refractivity contribution in [3.05, 3.63) is 0 Å². The summed E-state index contributed by atoms with van der Waals surface area (Å²) in [5, 5.41) is 11.4. The Kier molecular flexibility index (Phi) is 8.06. The molecule has 0 rings (SSSR count).